The number of piperazine rings is 1. The van der Waals surface area contributed by atoms with Gasteiger partial charge in [-0.1, -0.05) is 39.3 Å². The molecule has 0 unspecified atom stereocenters. The van der Waals surface area contributed by atoms with Crippen molar-refractivity contribution >= 4 is 16.9 Å². The Morgan fingerprint density at radius 2 is 1.74 bits per heavy atom. The first-order valence-electron chi connectivity index (χ1n) is 13.3. The molecule has 8 nitrogen and oxygen atoms in total. The van der Waals surface area contributed by atoms with Gasteiger partial charge in [-0.2, -0.15) is 10.2 Å². The van der Waals surface area contributed by atoms with Crippen LogP contribution in [0.25, 0.3) is 11.0 Å². The molecule has 3 aromatic rings. The minimum atomic E-state index is -4.73. The first-order valence-corrected chi connectivity index (χ1v) is 13.3. The number of ether oxygens (including phenoxy) is 1. The Morgan fingerprint density at radius 3 is 2.33 bits per heavy atom. The van der Waals surface area contributed by atoms with Crippen molar-refractivity contribution in [2.24, 2.45) is 7.05 Å². The predicted octanol–water partition coefficient (Wildman–Crippen LogP) is 5.32. The van der Waals surface area contributed by atoms with Crippen molar-refractivity contribution in [1.82, 2.24) is 19.4 Å². The molecule has 39 heavy (non-hydrogen) atoms. The maximum absolute atomic E-state index is 12.8. The third-order valence-corrected chi connectivity index (χ3v) is 7.46. The first-order chi connectivity index (χ1) is 18.6. The van der Waals surface area contributed by atoms with Crippen LogP contribution < -0.4 is 15.3 Å². The SMILES string of the molecule is CCC[C@H](c1ccc(OC(F)(F)F)cc1)N1C[C@H](CC)N(c2nc(=O)n(C)c3ccc(C#N)nc23)C[C@H]1CC. The summed E-state index contributed by atoms with van der Waals surface area (Å²) >= 11 is 0. The molecule has 0 amide bonds. The molecule has 208 valence electrons. The average Bonchev–Trinajstić information content (AvgIpc) is 2.92. The Kier molecular flexibility index (Phi) is 8.45. The fraction of sp³-hybridized carbons (Fsp3) is 0.500. The first kappa shape index (κ1) is 28.4. The van der Waals surface area contributed by atoms with Gasteiger partial charge in [-0.3, -0.25) is 9.47 Å². The van der Waals surface area contributed by atoms with Gasteiger partial charge in [-0.15, -0.1) is 13.2 Å². The van der Waals surface area contributed by atoms with E-state index in [1.54, 1.807) is 31.3 Å². The second-order valence-corrected chi connectivity index (χ2v) is 9.85. The van der Waals surface area contributed by atoms with Crippen LogP contribution >= 0.6 is 0 Å². The zero-order valence-electron chi connectivity index (χ0n) is 22.6. The number of alkyl halides is 3. The number of hydrogen-bond donors (Lipinski definition) is 0. The van der Waals surface area contributed by atoms with Crippen molar-refractivity contribution in [3.8, 4) is 11.8 Å². The van der Waals surface area contributed by atoms with Crippen molar-refractivity contribution in [3.63, 3.8) is 0 Å². The van der Waals surface area contributed by atoms with Gasteiger partial charge in [0.2, 0.25) is 0 Å². The molecule has 0 radical (unpaired) electrons. The molecule has 0 aliphatic carbocycles. The maximum atomic E-state index is 12.8. The number of benzene rings is 1. The molecule has 0 spiro atoms. The topological polar surface area (TPSA) is 87.3 Å². The summed E-state index contributed by atoms with van der Waals surface area (Å²) in [5.74, 6) is 0.244. The van der Waals surface area contributed by atoms with E-state index in [0.29, 0.717) is 29.9 Å². The summed E-state index contributed by atoms with van der Waals surface area (Å²) < 4.78 is 43.5. The molecule has 1 aliphatic rings. The molecule has 11 heteroatoms. The van der Waals surface area contributed by atoms with Crippen LogP contribution in [0.15, 0.2) is 41.2 Å². The van der Waals surface area contributed by atoms with Crippen LogP contribution in [-0.4, -0.2) is 51.0 Å². The van der Waals surface area contributed by atoms with Crippen LogP contribution in [0.5, 0.6) is 5.75 Å². The number of nitriles is 1. The van der Waals surface area contributed by atoms with Crippen molar-refractivity contribution in [2.45, 2.75) is 70.9 Å². The molecule has 1 aliphatic heterocycles. The Balaban J connectivity index is 1.71. The highest BCUT2D eigenvalue weighted by Crippen LogP contribution is 2.36. The molecule has 3 atom stereocenters. The minimum Gasteiger partial charge on any atom is -0.406 e. The summed E-state index contributed by atoms with van der Waals surface area (Å²) in [5.41, 5.74) is 1.93. The molecular formula is C28H33F3N6O2. The number of aryl methyl sites for hydroxylation is 1. The summed E-state index contributed by atoms with van der Waals surface area (Å²) in [6.07, 6.45) is -1.39. The smallest absolute Gasteiger partial charge is 0.406 e. The van der Waals surface area contributed by atoms with Crippen LogP contribution in [0.4, 0.5) is 19.0 Å². The average molecular weight is 543 g/mol. The molecule has 0 N–H and O–H groups in total. The zero-order valence-corrected chi connectivity index (χ0v) is 22.6. The van der Waals surface area contributed by atoms with E-state index in [0.717, 1.165) is 31.2 Å². The number of nitrogens with zero attached hydrogens (tertiary/aromatic N) is 6. The summed E-state index contributed by atoms with van der Waals surface area (Å²) in [6.45, 7) is 7.55. The number of fused-ring (bicyclic) bond motifs is 1. The Labute approximate surface area is 225 Å². The largest absolute Gasteiger partial charge is 0.573 e. The van der Waals surface area contributed by atoms with Crippen molar-refractivity contribution in [3.05, 3.63) is 58.1 Å². The highest BCUT2D eigenvalue weighted by molar-refractivity contribution is 5.86. The van der Waals surface area contributed by atoms with Crippen molar-refractivity contribution in [1.29, 1.82) is 5.26 Å². The van der Waals surface area contributed by atoms with Crippen LogP contribution in [0.3, 0.4) is 0 Å². The second kappa shape index (κ2) is 11.6. The van der Waals surface area contributed by atoms with E-state index >= 15 is 0 Å². The number of anilines is 1. The van der Waals surface area contributed by atoms with Crippen LogP contribution in [0.2, 0.25) is 0 Å². The van der Waals surface area contributed by atoms with Gasteiger partial charge >= 0.3 is 12.1 Å². The van der Waals surface area contributed by atoms with Gasteiger partial charge in [0.05, 0.1) is 5.52 Å². The molecule has 4 rings (SSSR count). The van der Waals surface area contributed by atoms with Gasteiger partial charge in [0, 0.05) is 38.3 Å². The summed E-state index contributed by atoms with van der Waals surface area (Å²) in [6, 6.07) is 11.7. The molecule has 0 saturated carbocycles. The highest BCUT2D eigenvalue weighted by atomic mass is 19.4. The van der Waals surface area contributed by atoms with Gasteiger partial charge in [0.15, 0.2) is 5.82 Å². The summed E-state index contributed by atoms with van der Waals surface area (Å²) in [4.78, 5) is 26.3. The maximum Gasteiger partial charge on any atom is 0.573 e. The molecule has 1 saturated heterocycles. The van der Waals surface area contributed by atoms with Crippen LogP contribution in [0.1, 0.15) is 63.8 Å². The number of hydrogen-bond acceptors (Lipinski definition) is 7. The van der Waals surface area contributed by atoms with E-state index in [2.05, 4.69) is 51.3 Å². The zero-order chi connectivity index (χ0) is 28.3. The summed E-state index contributed by atoms with van der Waals surface area (Å²) in [7, 11) is 1.64. The highest BCUT2D eigenvalue weighted by Gasteiger charge is 2.38. The van der Waals surface area contributed by atoms with E-state index in [1.807, 2.05) is 0 Å². The summed E-state index contributed by atoms with van der Waals surface area (Å²) in [5, 5.41) is 9.44. The lowest BCUT2D eigenvalue weighted by atomic mass is 9.93. The van der Waals surface area contributed by atoms with Gasteiger partial charge < -0.3 is 9.64 Å². The molecule has 2 aromatic heterocycles. The van der Waals surface area contributed by atoms with E-state index in [4.69, 9.17) is 0 Å². The second-order valence-electron chi connectivity index (χ2n) is 9.85. The van der Waals surface area contributed by atoms with Gasteiger partial charge in [-0.05, 0) is 49.1 Å². The number of halogens is 3. The molecular weight excluding hydrogens is 509 g/mol. The van der Waals surface area contributed by atoms with Gasteiger partial charge in [-0.25, -0.2) is 9.78 Å². The molecule has 3 heterocycles. The third-order valence-electron chi connectivity index (χ3n) is 7.46. The van der Waals surface area contributed by atoms with E-state index in [9.17, 15) is 23.2 Å². The molecule has 0 bridgehead atoms. The quantitative estimate of drug-likeness (QED) is 0.381. The van der Waals surface area contributed by atoms with E-state index in [-0.39, 0.29) is 35.3 Å². The lowest BCUT2D eigenvalue weighted by molar-refractivity contribution is -0.274. The Morgan fingerprint density at radius 1 is 1.05 bits per heavy atom. The molecule has 1 aromatic carbocycles. The number of pyridine rings is 1. The standard InChI is InChI=1S/C28H33F3N6O2/c1-5-8-23(18-9-12-22(13-10-18)39-28(29,30)31)36-16-21(7-3)37(17-20(36)6-2)26-25-24(35(4)27(38)34-26)14-11-19(15-32)33-25/h9-14,20-21,23H,5-8,16-17H2,1-4H3/t20-,21+,23-/m1/s1. The van der Waals surface area contributed by atoms with Crippen molar-refractivity contribution < 1.29 is 17.9 Å². The fourth-order valence-corrected chi connectivity index (χ4v) is 5.49. The van der Waals surface area contributed by atoms with E-state index in [1.165, 1.54) is 16.7 Å². The lowest BCUT2D eigenvalue weighted by Gasteiger charge is -2.50. The fourth-order valence-electron chi connectivity index (χ4n) is 5.49. The molecule has 1 fully saturated rings. The normalized spacial score (nSPS) is 19.2. The monoisotopic (exact) mass is 542 g/mol. The predicted molar refractivity (Wildman–Crippen MR) is 142 cm³/mol. The minimum absolute atomic E-state index is 0.00718. The lowest BCUT2D eigenvalue weighted by Crippen LogP contribution is -2.59. The number of rotatable bonds is 8. The number of aromatic nitrogens is 3. The third kappa shape index (κ3) is 6.01. The Hall–Kier alpha value is -3.65. The van der Waals surface area contributed by atoms with Crippen molar-refractivity contribution in [2.75, 3.05) is 18.0 Å². The Bertz CT molecular complexity index is 1400. The van der Waals surface area contributed by atoms with Gasteiger partial charge in [0.25, 0.3) is 0 Å². The van der Waals surface area contributed by atoms with E-state index < -0.39 is 6.36 Å². The van der Waals surface area contributed by atoms with Crippen LogP contribution in [-0.2, 0) is 7.05 Å². The van der Waals surface area contributed by atoms with Crippen LogP contribution in [0, 0.1) is 11.3 Å². The van der Waals surface area contributed by atoms with Gasteiger partial charge in [0.1, 0.15) is 23.0 Å².